The van der Waals surface area contributed by atoms with Crippen LogP contribution in [0.25, 0.3) is 5.69 Å². The van der Waals surface area contributed by atoms with Gasteiger partial charge in [0.2, 0.25) is 0 Å². The minimum Gasteiger partial charge on any atom is -0.331 e. The summed E-state index contributed by atoms with van der Waals surface area (Å²) in [6, 6.07) is 16.1. The monoisotopic (exact) mass is 483 g/mol. The first-order chi connectivity index (χ1) is 16.4. The van der Waals surface area contributed by atoms with Crippen molar-refractivity contribution in [2.24, 2.45) is 0 Å². The number of thioether (sulfide) groups is 1. The molecule has 0 saturated heterocycles. The van der Waals surface area contributed by atoms with Gasteiger partial charge in [0.1, 0.15) is 17.5 Å². The molecule has 2 amide bonds. The zero-order valence-corrected chi connectivity index (χ0v) is 18.9. The molecule has 4 rings (SSSR count). The summed E-state index contributed by atoms with van der Waals surface area (Å²) < 4.78 is 41.9. The molecule has 6 nitrogen and oxygen atoms in total. The lowest BCUT2D eigenvalue weighted by Crippen LogP contribution is -2.29. The number of carbonyl (C=O) groups excluding carboxylic acids is 1. The number of aromatic nitrogens is 3. The maximum atomic E-state index is 13.8. The van der Waals surface area contributed by atoms with Gasteiger partial charge in [-0.1, -0.05) is 41.6 Å². The van der Waals surface area contributed by atoms with E-state index in [1.165, 1.54) is 23.9 Å². The third kappa shape index (κ3) is 5.76. The SMILES string of the molecule is Cc1ccc(-n2c(CNC(=O)Nc3ccc(F)cc3F)nnc2SCc2ccc(F)cc2)cc1. The van der Waals surface area contributed by atoms with Crippen LogP contribution in [-0.4, -0.2) is 20.8 Å². The van der Waals surface area contributed by atoms with Crippen LogP contribution in [0.2, 0.25) is 0 Å². The van der Waals surface area contributed by atoms with Gasteiger partial charge in [0, 0.05) is 17.5 Å². The maximum Gasteiger partial charge on any atom is 0.319 e. The Balaban J connectivity index is 1.51. The third-order valence-corrected chi connectivity index (χ3v) is 5.86. The van der Waals surface area contributed by atoms with Crippen molar-refractivity contribution >= 4 is 23.5 Å². The molecule has 0 aliphatic heterocycles. The fourth-order valence-electron chi connectivity index (χ4n) is 3.11. The number of nitrogens with one attached hydrogen (secondary N) is 2. The number of hydrogen-bond donors (Lipinski definition) is 2. The second-order valence-corrected chi connectivity index (χ2v) is 8.36. The van der Waals surface area contributed by atoms with Crippen molar-refractivity contribution in [3.63, 3.8) is 0 Å². The molecule has 0 fully saturated rings. The van der Waals surface area contributed by atoms with E-state index in [-0.39, 0.29) is 18.0 Å². The molecule has 0 spiro atoms. The molecule has 0 saturated carbocycles. The zero-order chi connectivity index (χ0) is 24.1. The lowest BCUT2D eigenvalue weighted by Gasteiger charge is -2.12. The lowest BCUT2D eigenvalue weighted by molar-refractivity contribution is 0.251. The highest BCUT2D eigenvalue weighted by Crippen LogP contribution is 2.26. The Morgan fingerprint density at radius 2 is 1.65 bits per heavy atom. The molecule has 0 radical (unpaired) electrons. The van der Waals surface area contributed by atoms with Gasteiger partial charge in [-0.05, 0) is 48.9 Å². The minimum atomic E-state index is -0.877. The molecule has 1 aromatic heterocycles. The van der Waals surface area contributed by atoms with E-state index in [1.54, 1.807) is 12.1 Å². The number of nitrogens with zero attached hydrogens (tertiary/aromatic N) is 3. The molecule has 174 valence electrons. The largest absolute Gasteiger partial charge is 0.331 e. The van der Waals surface area contributed by atoms with Crippen LogP contribution in [0.4, 0.5) is 23.7 Å². The first-order valence-electron chi connectivity index (χ1n) is 10.3. The van der Waals surface area contributed by atoms with E-state index >= 15 is 0 Å². The molecule has 10 heteroatoms. The summed E-state index contributed by atoms with van der Waals surface area (Å²) in [6.07, 6.45) is 0. The normalized spacial score (nSPS) is 10.8. The number of rotatable bonds is 7. The van der Waals surface area contributed by atoms with Crippen molar-refractivity contribution in [3.05, 3.63) is 101 Å². The van der Waals surface area contributed by atoms with Crippen molar-refractivity contribution < 1.29 is 18.0 Å². The Bertz CT molecular complexity index is 1290. The zero-order valence-electron chi connectivity index (χ0n) is 18.1. The van der Waals surface area contributed by atoms with E-state index in [0.29, 0.717) is 22.8 Å². The first-order valence-corrected chi connectivity index (χ1v) is 11.3. The quantitative estimate of drug-likeness (QED) is 0.336. The molecular weight excluding hydrogens is 463 g/mol. The van der Waals surface area contributed by atoms with E-state index in [0.717, 1.165) is 28.9 Å². The molecule has 3 aromatic carbocycles. The molecule has 4 aromatic rings. The average Bonchev–Trinajstić information content (AvgIpc) is 3.22. The summed E-state index contributed by atoms with van der Waals surface area (Å²) in [4.78, 5) is 12.3. The van der Waals surface area contributed by atoms with Crippen LogP contribution in [0.15, 0.2) is 71.9 Å². The predicted molar refractivity (Wildman–Crippen MR) is 124 cm³/mol. The van der Waals surface area contributed by atoms with Crippen molar-refractivity contribution in [2.75, 3.05) is 5.32 Å². The van der Waals surface area contributed by atoms with Gasteiger partial charge in [-0.25, -0.2) is 18.0 Å². The Morgan fingerprint density at radius 3 is 2.35 bits per heavy atom. The number of anilines is 1. The predicted octanol–water partition coefficient (Wildman–Crippen LogP) is 5.61. The molecule has 0 unspecified atom stereocenters. The second kappa shape index (κ2) is 10.4. The highest BCUT2D eigenvalue weighted by atomic mass is 32.2. The summed E-state index contributed by atoms with van der Waals surface area (Å²) >= 11 is 1.42. The van der Waals surface area contributed by atoms with Crippen LogP contribution in [0.3, 0.4) is 0 Å². The second-order valence-electron chi connectivity index (χ2n) is 7.42. The number of carbonyl (C=O) groups is 1. The summed E-state index contributed by atoms with van der Waals surface area (Å²) in [5, 5.41) is 14.0. The van der Waals surface area contributed by atoms with Crippen LogP contribution in [0, 0.1) is 24.4 Å². The van der Waals surface area contributed by atoms with Gasteiger partial charge in [-0.3, -0.25) is 4.57 Å². The Kier molecular flexibility index (Phi) is 7.17. The van der Waals surface area contributed by atoms with E-state index < -0.39 is 17.7 Å². The van der Waals surface area contributed by atoms with E-state index in [4.69, 9.17) is 0 Å². The number of amides is 2. The summed E-state index contributed by atoms with van der Waals surface area (Å²) in [7, 11) is 0. The molecule has 0 atom stereocenters. The number of aryl methyl sites for hydroxylation is 1. The standard InChI is InChI=1S/C24H20F3N5OS/c1-15-2-9-19(10-3-15)32-22(13-28-23(33)29-21-11-8-18(26)12-20(21)27)30-31-24(32)34-14-16-4-6-17(25)7-5-16/h2-12H,13-14H2,1H3,(H2,28,29,33). The first kappa shape index (κ1) is 23.4. The van der Waals surface area contributed by atoms with Gasteiger partial charge < -0.3 is 10.6 Å². The van der Waals surface area contributed by atoms with Gasteiger partial charge in [0.15, 0.2) is 11.0 Å². The molecule has 0 aliphatic rings. The van der Waals surface area contributed by atoms with Crippen LogP contribution < -0.4 is 10.6 Å². The van der Waals surface area contributed by atoms with Crippen molar-refractivity contribution in [1.82, 2.24) is 20.1 Å². The van der Waals surface area contributed by atoms with Crippen LogP contribution in [0.1, 0.15) is 17.0 Å². The van der Waals surface area contributed by atoms with E-state index in [9.17, 15) is 18.0 Å². The van der Waals surface area contributed by atoms with Gasteiger partial charge in [-0.15, -0.1) is 10.2 Å². The highest BCUT2D eigenvalue weighted by Gasteiger charge is 2.16. The minimum absolute atomic E-state index is 0.00658. The number of hydrogen-bond acceptors (Lipinski definition) is 4. The van der Waals surface area contributed by atoms with Gasteiger partial charge >= 0.3 is 6.03 Å². The van der Waals surface area contributed by atoms with Gasteiger partial charge in [-0.2, -0.15) is 0 Å². The fourth-order valence-corrected chi connectivity index (χ4v) is 4.03. The maximum absolute atomic E-state index is 13.8. The number of urea groups is 1. The van der Waals surface area contributed by atoms with Gasteiger partial charge in [0.05, 0.1) is 12.2 Å². The van der Waals surface area contributed by atoms with Crippen LogP contribution in [-0.2, 0) is 12.3 Å². The summed E-state index contributed by atoms with van der Waals surface area (Å²) in [5.41, 5.74) is 2.66. The lowest BCUT2D eigenvalue weighted by atomic mass is 10.2. The van der Waals surface area contributed by atoms with Crippen molar-refractivity contribution in [1.29, 1.82) is 0 Å². The smallest absolute Gasteiger partial charge is 0.319 e. The Hall–Kier alpha value is -3.79. The molecular formula is C24H20F3N5OS. The molecule has 34 heavy (non-hydrogen) atoms. The Labute approximate surface area is 198 Å². The highest BCUT2D eigenvalue weighted by molar-refractivity contribution is 7.98. The molecule has 2 N–H and O–H groups in total. The number of halogens is 3. The summed E-state index contributed by atoms with van der Waals surface area (Å²) in [5.74, 6) is -0.913. The number of benzene rings is 3. The summed E-state index contributed by atoms with van der Waals surface area (Å²) in [6.45, 7) is 1.98. The van der Waals surface area contributed by atoms with Gasteiger partial charge in [0.25, 0.3) is 0 Å². The molecule has 0 aliphatic carbocycles. The molecule has 1 heterocycles. The fraction of sp³-hybridized carbons (Fsp3) is 0.125. The van der Waals surface area contributed by atoms with Crippen LogP contribution >= 0.6 is 11.8 Å². The Morgan fingerprint density at radius 1 is 0.941 bits per heavy atom. The topological polar surface area (TPSA) is 71.8 Å². The van der Waals surface area contributed by atoms with E-state index in [2.05, 4.69) is 20.8 Å². The average molecular weight is 484 g/mol. The van der Waals surface area contributed by atoms with Crippen molar-refractivity contribution in [3.8, 4) is 5.69 Å². The molecule has 0 bridgehead atoms. The van der Waals surface area contributed by atoms with Crippen LogP contribution in [0.5, 0.6) is 0 Å². The van der Waals surface area contributed by atoms with Crippen molar-refractivity contribution in [2.45, 2.75) is 24.4 Å². The third-order valence-electron chi connectivity index (χ3n) is 4.86. The van der Waals surface area contributed by atoms with E-state index in [1.807, 2.05) is 35.8 Å².